The van der Waals surface area contributed by atoms with Crippen molar-refractivity contribution in [3.63, 3.8) is 0 Å². The summed E-state index contributed by atoms with van der Waals surface area (Å²) in [6.45, 7) is 7.30. The van der Waals surface area contributed by atoms with E-state index in [4.69, 9.17) is 4.74 Å². The van der Waals surface area contributed by atoms with Crippen LogP contribution in [0.2, 0.25) is 0 Å². The number of likely N-dealkylation sites (N-methyl/N-ethyl adjacent to an activating group) is 1. The Balaban J connectivity index is 1.75. The smallest absolute Gasteiger partial charge is 0.316 e. The number of nitrogens with zero attached hydrogens (tertiary/aromatic N) is 2. The van der Waals surface area contributed by atoms with Gasteiger partial charge in [-0.15, -0.1) is 0 Å². The first-order valence-corrected chi connectivity index (χ1v) is 8.45. The number of nitrogens with one attached hydrogen (secondary N) is 1. The molecule has 0 bridgehead atoms. The van der Waals surface area contributed by atoms with E-state index in [9.17, 15) is 9.59 Å². The van der Waals surface area contributed by atoms with Crippen molar-refractivity contribution in [3.05, 3.63) is 30.3 Å². The molecule has 2 rings (SSSR count). The highest BCUT2D eigenvalue weighted by atomic mass is 16.5. The molecule has 0 aliphatic carbocycles. The lowest BCUT2D eigenvalue weighted by molar-refractivity contribution is -0.137. The van der Waals surface area contributed by atoms with Gasteiger partial charge in [-0.05, 0) is 32.4 Å². The molecule has 0 spiro atoms. The van der Waals surface area contributed by atoms with Crippen LogP contribution in [-0.2, 0) is 14.3 Å². The fourth-order valence-corrected chi connectivity index (χ4v) is 2.73. The third kappa shape index (κ3) is 5.04. The van der Waals surface area contributed by atoms with Crippen molar-refractivity contribution in [2.45, 2.75) is 32.4 Å². The van der Waals surface area contributed by atoms with Gasteiger partial charge in [0.2, 0.25) is 0 Å². The van der Waals surface area contributed by atoms with E-state index in [1.54, 1.807) is 19.2 Å². The molecule has 1 fully saturated rings. The molecule has 6 nitrogen and oxygen atoms in total. The number of morpholine rings is 1. The second-order valence-corrected chi connectivity index (χ2v) is 6.33. The van der Waals surface area contributed by atoms with Crippen LogP contribution in [0, 0.1) is 0 Å². The van der Waals surface area contributed by atoms with Gasteiger partial charge in [-0.2, -0.15) is 0 Å². The summed E-state index contributed by atoms with van der Waals surface area (Å²) >= 11 is 0. The van der Waals surface area contributed by atoms with Crippen LogP contribution in [0.5, 0.6) is 0 Å². The predicted molar refractivity (Wildman–Crippen MR) is 93.9 cm³/mol. The number of anilines is 1. The molecule has 0 aromatic heterocycles. The summed E-state index contributed by atoms with van der Waals surface area (Å²) in [5.74, 6) is -1.15. The molecule has 1 aliphatic heterocycles. The van der Waals surface area contributed by atoms with Crippen LogP contribution < -0.4 is 10.2 Å². The zero-order valence-electron chi connectivity index (χ0n) is 14.7. The second kappa shape index (κ2) is 8.80. The maximum absolute atomic E-state index is 12.1. The Kier molecular flexibility index (Phi) is 6.75. The lowest BCUT2D eigenvalue weighted by Gasteiger charge is -2.35. The normalized spacial score (nSPS) is 18.4. The zero-order chi connectivity index (χ0) is 17.5. The summed E-state index contributed by atoms with van der Waals surface area (Å²) in [6.07, 6.45) is 0.806. The first-order valence-electron chi connectivity index (χ1n) is 8.45. The van der Waals surface area contributed by atoms with Gasteiger partial charge >= 0.3 is 11.8 Å². The molecule has 1 N–H and O–H groups in total. The number of para-hydroxylation sites is 1. The van der Waals surface area contributed by atoms with Gasteiger partial charge in [0.05, 0.1) is 12.7 Å². The van der Waals surface area contributed by atoms with Crippen molar-refractivity contribution in [1.29, 1.82) is 0 Å². The number of hydrogen-bond donors (Lipinski definition) is 1. The van der Waals surface area contributed by atoms with Gasteiger partial charge in [0.25, 0.3) is 0 Å². The van der Waals surface area contributed by atoms with Crippen LogP contribution in [0.15, 0.2) is 30.3 Å². The van der Waals surface area contributed by atoms with E-state index in [2.05, 4.69) is 24.1 Å². The maximum Gasteiger partial charge on any atom is 0.316 e. The van der Waals surface area contributed by atoms with E-state index in [1.807, 2.05) is 18.2 Å². The summed E-state index contributed by atoms with van der Waals surface area (Å²) in [5, 5.41) is 2.70. The average Bonchev–Trinajstić information content (AvgIpc) is 2.61. The van der Waals surface area contributed by atoms with E-state index in [1.165, 1.54) is 4.90 Å². The molecule has 24 heavy (non-hydrogen) atoms. The van der Waals surface area contributed by atoms with Crippen LogP contribution in [0.1, 0.15) is 20.3 Å². The SMILES string of the molecule is CC(C)N1CCO[C@H](CCNC(=O)C(=O)N(C)c2ccccc2)C1. The van der Waals surface area contributed by atoms with Crippen molar-refractivity contribution >= 4 is 17.5 Å². The average molecular weight is 333 g/mol. The van der Waals surface area contributed by atoms with Crippen molar-refractivity contribution in [2.24, 2.45) is 0 Å². The predicted octanol–water partition coefficient (Wildman–Crippen LogP) is 1.26. The monoisotopic (exact) mass is 333 g/mol. The molecule has 0 saturated carbocycles. The van der Waals surface area contributed by atoms with E-state index >= 15 is 0 Å². The van der Waals surface area contributed by atoms with Gasteiger partial charge in [0, 0.05) is 38.4 Å². The second-order valence-electron chi connectivity index (χ2n) is 6.33. The van der Waals surface area contributed by atoms with Crippen molar-refractivity contribution in [1.82, 2.24) is 10.2 Å². The Morgan fingerprint density at radius 2 is 2.04 bits per heavy atom. The Morgan fingerprint density at radius 1 is 1.33 bits per heavy atom. The highest BCUT2D eigenvalue weighted by Gasteiger charge is 2.23. The highest BCUT2D eigenvalue weighted by Crippen LogP contribution is 2.12. The molecule has 2 amide bonds. The van der Waals surface area contributed by atoms with Gasteiger partial charge < -0.3 is 15.0 Å². The third-order valence-electron chi connectivity index (χ3n) is 4.29. The molecule has 1 aliphatic rings. The summed E-state index contributed by atoms with van der Waals surface area (Å²) in [7, 11) is 1.60. The third-order valence-corrected chi connectivity index (χ3v) is 4.29. The molecule has 0 radical (unpaired) electrons. The largest absolute Gasteiger partial charge is 0.375 e. The van der Waals surface area contributed by atoms with Crippen molar-refractivity contribution in [2.75, 3.05) is 38.2 Å². The van der Waals surface area contributed by atoms with Crippen LogP contribution in [0.4, 0.5) is 5.69 Å². The molecule has 132 valence electrons. The molecule has 0 unspecified atom stereocenters. The van der Waals surface area contributed by atoms with Crippen LogP contribution in [-0.4, -0.2) is 62.1 Å². The molecule has 1 heterocycles. The first kappa shape index (κ1) is 18.4. The van der Waals surface area contributed by atoms with Crippen LogP contribution >= 0.6 is 0 Å². The molecule has 1 saturated heterocycles. The highest BCUT2D eigenvalue weighted by molar-refractivity contribution is 6.40. The Hall–Kier alpha value is -1.92. The minimum Gasteiger partial charge on any atom is -0.375 e. The zero-order valence-corrected chi connectivity index (χ0v) is 14.7. The van der Waals surface area contributed by atoms with E-state index in [0.717, 1.165) is 13.1 Å². The van der Waals surface area contributed by atoms with Gasteiger partial charge in [0.1, 0.15) is 0 Å². The van der Waals surface area contributed by atoms with E-state index in [0.29, 0.717) is 31.3 Å². The number of ether oxygens (including phenoxy) is 1. The topological polar surface area (TPSA) is 61.9 Å². The lowest BCUT2D eigenvalue weighted by atomic mass is 10.1. The summed E-state index contributed by atoms with van der Waals surface area (Å²) in [6, 6.07) is 9.61. The van der Waals surface area contributed by atoms with Crippen molar-refractivity contribution < 1.29 is 14.3 Å². The Morgan fingerprint density at radius 3 is 2.71 bits per heavy atom. The minimum absolute atomic E-state index is 0.100. The molecule has 1 atom stereocenters. The molecule has 1 aromatic rings. The standard InChI is InChI=1S/C18H27N3O3/c1-14(2)21-11-12-24-16(13-21)9-10-19-17(22)18(23)20(3)15-7-5-4-6-8-15/h4-8,14,16H,9-13H2,1-3H3,(H,19,22)/t16-/m1/s1. The number of amides is 2. The van der Waals surface area contributed by atoms with Gasteiger partial charge in [-0.3, -0.25) is 14.5 Å². The Bertz CT molecular complexity index is 548. The molecule has 1 aromatic carbocycles. The fourth-order valence-electron chi connectivity index (χ4n) is 2.73. The number of carbonyl (C=O) groups excluding carboxylic acids is 2. The number of benzene rings is 1. The Labute approximate surface area is 143 Å². The molecular formula is C18H27N3O3. The maximum atomic E-state index is 12.1. The van der Waals surface area contributed by atoms with Gasteiger partial charge in [-0.25, -0.2) is 0 Å². The molecular weight excluding hydrogens is 306 g/mol. The van der Waals surface area contributed by atoms with Crippen LogP contribution in [0.3, 0.4) is 0 Å². The first-order chi connectivity index (χ1) is 11.5. The number of hydrogen-bond acceptors (Lipinski definition) is 4. The summed E-state index contributed by atoms with van der Waals surface area (Å²) in [4.78, 5) is 27.9. The summed E-state index contributed by atoms with van der Waals surface area (Å²) < 4.78 is 5.73. The lowest BCUT2D eigenvalue weighted by Crippen LogP contribution is -2.47. The van der Waals surface area contributed by atoms with Gasteiger partial charge in [0.15, 0.2) is 0 Å². The number of rotatable bonds is 5. The van der Waals surface area contributed by atoms with Gasteiger partial charge in [-0.1, -0.05) is 18.2 Å². The minimum atomic E-state index is -0.585. The van der Waals surface area contributed by atoms with E-state index in [-0.39, 0.29) is 6.10 Å². The van der Waals surface area contributed by atoms with Crippen molar-refractivity contribution in [3.8, 4) is 0 Å². The van der Waals surface area contributed by atoms with Crippen LogP contribution in [0.25, 0.3) is 0 Å². The fraction of sp³-hybridized carbons (Fsp3) is 0.556. The summed E-state index contributed by atoms with van der Waals surface area (Å²) in [5.41, 5.74) is 0.695. The quantitative estimate of drug-likeness (QED) is 0.824. The van der Waals surface area contributed by atoms with E-state index < -0.39 is 11.8 Å². The molecule has 6 heteroatoms. The number of carbonyl (C=O) groups is 2.